The van der Waals surface area contributed by atoms with Gasteiger partial charge in [0.15, 0.2) is 11.5 Å². The normalized spacial score (nSPS) is 24.1. The maximum Gasteiger partial charge on any atom is 0.313 e. The Hall–Kier alpha value is -2.74. The van der Waals surface area contributed by atoms with Crippen molar-refractivity contribution in [3.8, 4) is 11.5 Å². The Morgan fingerprint density at radius 2 is 2.07 bits per heavy atom. The minimum Gasteiger partial charge on any atom is -0.504 e. The number of aromatic hydroxyl groups is 1. The van der Waals surface area contributed by atoms with Gasteiger partial charge in [0.05, 0.1) is 24.2 Å². The standard InChI is InChI=1S/C20H26N2O6/c1-5-27-14-8-11(6-7-13(14)23)15-16-12(21-22-18(16)24)9-20(4,26)17(15)19(25)28-10(2)3/h6-8,10,15,17,23,26H,5,9H2,1-4H3,(H2,21,22,24)/t15-,17-,20+/m1/s1. The van der Waals surface area contributed by atoms with Crippen molar-refractivity contribution < 1.29 is 24.5 Å². The number of nitrogens with one attached hydrogen (secondary N) is 2. The van der Waals surface area contributed by atoms with E-state index in [0.717, 1.165) is 0 Å². The van der Waals surface area contributed by atoms with Crippen LogP contribution < -0.4 is 10.3 Å². The summed E-state index contributed by atoms with van der Waals surface area (Å²) in [6, 6.07) is 4.67. The zero-order valence-electron chi connectivity index (χ0n) is 16.4. The number of benzene rings is 1. The highest BCUT2D eigenvalue weighted by molar-refractivity contribution is 5.77. The smallest absolute Gasteiger partial charge is 0.313 e. The highest BCUT2D eigenvalue weighted by atomic mass is 16.5. The second kappa shape index (κ2) is 7.35. The van der Waals surface area contributed by atoms with Gasteiger partial charge in [-0.25, -0.2) is 0 Å². The van der Waals surface area contributed by atoms with E-state index >= 15 is 0 Å². The molecule has 0 amide bonds. The van der Waals surface area contributed by atoms with Gasteiger partial charge in [0.25, 0.3) is 5.56 Å². The van der Waals surface area contributed by atoms with E-state index in [4.69, 9.17) is 9.47 Å². The van der Waals surface area contributed by atoms with Crippen molar-refractivity contribution in [2.45, 2.75) is 51.7 Å². The van der Waals surface area contributed by atoms with E-state index in [-0.39, 0.29) is 29.6 Å². The highest BCUT2D eigenvalue weighted by Crippen LogP contribution is 2.46. The molecule has 8 heteroatoms. The van der Waals surface area contributed by atoms with Crippen LogP contribution >= 0.6 is 0 Å². The fourth-order valence-electron chi connectivity index (χ4n) is 3.92. The van der Waals surface area contributed by atoms with Gasteiger partial charge in [0.1, 0.15) is 0 Å². The summed E-state index contributed by atoms with van der Waals surface area (Å²) < 4.78 is 10.9. The first-order valence-electron chi connectivity index (χ1n) is 9.33. The minimum atomic E-state index is -1.45. The molecule has 1 aliphatic rings. The van der Waals surface area contributed by atoms with Gasteiger partial charge in [-0.1, -0.05) is 6.07 Å². The molecule has 1 aliphatic carbocycles. The molecule has 0 bridgehead atoms. The first-order chi connectivity index (χ1) is 13.2. The number of phenolic OH excluding ortho intramolecular Hbond substituents is 1. The van der Waals surface area contributed by atoms with Gasteiger partial charge in [-0.15, -0.1) is 0 Å². The quantitative estimate of drug-likeness (QED) is 0.577. The number of H-pyrrole nitrogens is 2. The number of fused-ring (bicyclic) bond motifs is 1. The Balaban J connectivity index is 2.20. The monoisotopic (exact) mass is 390 g/mol. The Morgan fingerprint density at radius 1 is 1.36 bits per heavy atom. The molecule has 0 saturated heterocycles. The Kier molecular flexibility index (Phi) is 5.25. The minimum absolute atomic E-state index is 0.0438. The Bertz CT molecular complexity index is 927. The first kappa shape index (κ1) is 20.0. The average Bonchev–Trinajstić information content (AvgIpc) is 2.94. The van der Waals surface area contributed by atoms with Gasteiger partial charge in [0, 0.05) is 23.6 Å². The lowest BCUT2D eigenvalue weighted by Crippen LogP contribution is -2.50. The Morgan fingerprint density at radius 3 is 2.71 bits per heavy atom. The van der Waals surface area contributed by atoms with Crippen LogP contribution in [0.2, 0.25) is 0 Å². The predicted molar refractivity (Wildman–Crippen MR) is 102 cm³/mol. The number of phenols is 1. The molecule has 4 N–H and O–H groups in total. The third-order valence-electron chi connectivity index (χ3n) is 4.99. The molecule has 0 unspecified atom stereocenters. The van der Waals surface area contributed by atoms with Crippen molar-refractivity contribution in [3.63, 3.8) is 0 Å². The molecule has 0 radical (unpaired) electrons. The second-order valence-electron chi connectivity index (χ2n) is 7.61. The van der Waals surface area contributed by atoms with Gasteiger partial charge in [-0.2, -0.15) is 0 Å². The largest absolute Gasteiger partial charge is 0.504 e. The van der Waals surface area contributed by atoms with Crippen molar-refractivity contribution in [2.75, 3.05) is 6.61 Å². The van der Waals surface area contributed by atoms with Crippen LogP contribution in [0.3, 0.4) is 0 Å². The molecule has 0 spiro atoms. The van der Waals surface area contributed by atoms with Crippen molar-refractivity contribution in [1.82, 2.24) is 10.2 Å². The van der Waals surface area contributed by atoms with Crippen molar-refractivity contribution >= 4 is 5.97 Å². The number of aliphatic hydroxyl groups is 1. The molecule has 28 heavy (non-hydrogen) atoms. The number of carbonyl (C=O) groups is 1. The SMILES string of the molecule is CCOc1cc([C@@H]2c3c([nH][nH]c3=O)C[C@](C)(O)[C@H]2C(=O)OC(C)C)ccc1O. The molecule has 3 atom stereocenters. The van der Waals surface area contributed by atoms with E-state index in [1.165, 1.54) is 6.07 Å². The van der Waals surface area contributed by atoms with Crippen molar-refractivity contribution in [2.24, 2.45) is 5.92 Å². The first-order valence-corrected chi connectivity index (χ1v) is 9.33. The highest BCUT2D eigenvalue weighted by Gasteiger charge is 2.51. The van der Waals surface area contributed by atoms with Crippen LogP contribution in [0.15, 0.2) is 23.0 Å². The number of rotatable bonds is 5. The van der Waals surface area contributed by atoms with Gasteiger partial charge < -0.3 is 24.8 Å². The number of hydrogen-bond acceptors (Lipinski definition) is 6. The maximum absolute atomic E-state index is 12.9. The van der Waals surface area contributed by atoms with Crippen molar-refractivity contribution in [3.05, 3.63) is 45.4 Å². The van der Waals surface area contributed by atoms with Crippen LogP contribution in [0.5, 0.6) is 11.5 Å². The fourth-order valence-corrected chi connectivity index (χ4v) is 3.92. The molecule has 2 aromatic rings. The molecule has 1 aromatic heterocycles. The van der Waals surface area contributed by atoms with Crippen LogP contribution in [0.25, 0.3) is 0 Å². The molecular formula is C20H26N2O6. The number of aromatic amines is 2. The van der Waals surface area contributed by atoms with E-state index in [9.17, 15) is 19.8 Å². The fraction of sp³-hybridized carbons (Fsp3) is 0.500. The summed E-state index contributed by atoms with van der Waals surface area (Å²) in [6.07, 6.45) is -0.264. The molecule has 0 aliphatic heterocycles. The third-order valence-corrected chi connectivity index (χ3v) is 4.99. The van der Waals surface area contributed by atoms with Crippen LogP contribution in [-0.4, -0.2) is 44.7 Å². The van der Waals surface area contributed by atoms with Crippen LogP contribution in [-0.2, 0) is 16.0 Å². The van der Waals surface area contributed by atoms with E-state index in [1.54, 1.807) is 39.8 Å². The maximum atomic E-state index is 12.9. The molecule has 0 saturated carbocycles. The third kappa shape index (κ3) is 3.52. The molecule has 1 aromatic carbocycles. The van der Waals surface area contributed by atoms with Gasteiger partial charge in [0.2, 0.25) is 0 Å². The lowest BCUT2D eigenvalue weighted by molar-refractivity contribution is -0.163. The molecule has 0 fully saturated rings. The Labute approximate surface area is 162 Å². The molecular weight excluding hydrogens is 364 g/mol. The number of ether oxygens (including phenoxy) is 2. The summed E-state index contributed by atoms with van der Waals surface area (Å²) in [7, 11) is 0. The zero-order chi connectivity index (χ0) is 20.6. The number of hydrogen-bond donors (Lipinski definition) is 4. The van der Waals surface area contributed by atoms with Gasteiger partial charge in [-0.3, -0.25) is 14.7 Å². The summed E-state index contributed by atoms with van der Waals surface area (Å²) in [5, 5.41) is 26.5. The van der Waals surface area contributed by atoms with E-state index in [0.29, 0.717) is 23.4 Å². The van der Waals surface area contributed by atoms with Gasteiger partial charge in [-0.05, 0) is 45.4 Å². The second-order valence-corrected chi connectivity index (χ2v) is 7.61. The average molecular weight is 390 g/mol. The zero-order valence-corrected chi connectivity index (χ0v) is 16.4. The summed E-state index contributed by atoms with van der Waals surface area (Å²) >= 11 is 0. The summed E-state index contributed by atoms with van der Waals surface area (Å²) in [5.41, 5.74) is -0.314. The molecule has 152 valence electrons. The number of carbonyl (C=O) groups excluding carboxylic acids is 1. The van der Waals surface area contributed by atoms with Crippen LogP contribution in [0.4, 0.5) is 0 Å². The molecule has 3 rings (SSSR count). The summed E-state index contributed by atoms with van der Waals surface area (Å²) in [4.78, 5) is 25.5. The lowest BCUT2D eigenvalue weighted by Gasteiger charge is -2.40. The predicted octanol–water partition coefficient (Wildman–Crippen LogP) is 1.81. The van der Waals surface area contributed by atoms with E-state index in [1.807, 2.05) is 0 Å². The number of aromatic nitrogens is 2. The van der Waals surface area contributed by atoms with Crippen LogP contribution in [0, 0.1) is 5.92 Å². The topological polar surface area (TPSA) is 125 Å². The number of esters is 1. The van der Waals surface area contributed by atoms with Crippen molar-refractivity contribution in [1.29, 1.82) is 0 Å². The molecule has 8 nitrogen and oxygen atoms in total. The lowest BCUT2D eigenvalue weighted by atomic mass is 9.66. The van der Waals surface area contributed by atoms with Crippen LogP contribution in [0.1, 0.15) is 50.4 Å². The summed E-state index contributed by atoms with van der Waals surface area (Å²) in [6.45, 7) is 7.15. The molecule has 1 heterocycles. The van der Waals surface area contributed by atoms with E-state index < -0.39 is 23.4 Å². The summed E-state index contributed by atoms with van der Waals surface area (Å²) in [5.74, 6) is -2.15. The van der Waals surface area contributed by atoms with Gasteiger partial charge >= 0.3 is 5.97 Å². The van der Waals surface area contributed by atoms with E-state index in [2.05, 4.69) is 10.2 Å².